The predicted molar refractivity (Wildman–Crippen MR) is 130 cm³/mol. The van der Waals surface area contributed by atoms with Gasteiger partial charge in [-0.15, -0.1) is 24.0 Å². The average Bonchev–Trinajstić information content (AvgIpc) is 2.73. The molecule has 1 atom stereocenters. The van der Waals surface area contributed by atoms with Crippen LogP contribution in [0.3, 0.4) is 0 Å². The number of carbonyl (C=O) groups excluding carboxylic acids is 2. The summed E-state index contributed by atoms with van der Waals surface area (Å²) in [5.41, 5.74) is 2.59. The number of benzene rings is 2. The predicted octanol–water partition coefficient (Wildman–Crippen LogP) is 2.39. The van der Waals surface area contributed by atoms with Crippen molar-refractivity contribution in [1.82, 2.24) is 16.0 Å². The van der Waals surface area contributed by atoms with Gasteiger partial charge in [0.1, 0.15) is 5.82 Å². The highest BCUT2D eigenvalue weighted by atomic mass is 127. The van der Waals surface area contributed by atoms with E-state index in [1.165, 1.54) is 12.1 Å². The summed E-state index contributed by atoms with van der Waals surface area (Å²) in [6.07, 6.45) is 0.547. The third kappa shape index (κ3) is 7.50. The van der Waals surface area contributed by atoms with E-state index >= 15 is 0 Å². The van der Waals surface area contributed by atoms with E-state index in [0.29, 0.717) is 37.6 Å². The van der Waals surface area contributed by atoms with E-state index in [1.54, 1.807) is 19.2 Å². The molecule has 1 aliphatic heterocycles. The summed E-state index contributed by atoms with van der Waals surface area (Å²) < 4.78 is 13.2. The number of rotatable bonds is 7. The first-order valence-corrected chi connectivity index (χ1v) is 9.89. The maximum absolute atomic E-state index is 13.2. The molecule has 7 nitrogen and oxygen atoms in total. The number of amides is 2. The molecular formula is C22H27FIN5O2. The molecule has 3 rings (SSSR count). The Kier molecular flexibility index (Phi) is 9.70. The second-order valence-electron chi connectivity index (χ2n) is 7.07. The van der Waals surface area contributed by atoms with E-state index in [9.17, 15) is 14.0 Å². The second kappa shape index (κ2) is 12.2. The Balaban J connectivity index is 0.00000341. The third-order valence-electron chi connectivity index (χ3n) is 4.84. The molecule has 0 saturated heterocycles. The van der Waals surface area contributed by atoms with Crippen LogP contribution in [0.5, 0.6) is 0 Å². The van der Waals surface area contributed by atoms with Crippen molar-refractivity contribution in [2.24, 2.45) is 4.99 Å². The maximum atomic E-state index is 13.2. The van der Waals surface area contributed by atoms with Gasteiger partial charge in [-0.2, -0.15) is 0 Å². The Labute approximate surface area is 198 Å². The summed E-state index contributed by atoms with van der Waals surface area (Å²) >= 11 is 0. The zero-order valence-electron chi connectivity index (χ0n) is 17.3. The van der Waals surface area contributed by atoms with Crippen molar-refractivity contribution in [3.63, 3.8) is 0 Å². The first kappa shape index (κ1) is 24.6. The van der Waals surface area contributed by atoms with Gasteiger partial charge < -0.3 is 21.3 Å². The number of nitrogens with zero attached hydrogens (tertiary/aromatic N) is 1. The fraction of sp³-hybridized carbons (Fsp3) is 0.318. The summed E-state index contributed by atoms with van der Waals surface area (Å²) in [5.74, 6) is 0.131. The minimum atomic E-state index is -0.352. The number of nitrogens with one attached hydrogen (secondary N) is 4. The molecule has 0 aliphatic carbocycles. The molecule has 31 heavy (non-hydrogen) atoms. The minimum absolute atomic E-state index is 0. The summed E-state index contributed by atoms with van der Waals surface area (Å²) in [6, 6.07) is 13.8. The molecular weight excluding hydrogens is 512 g/mol. The molecule has 1 aliphatic rings. The molecule has 4 N–H and O–H groups in total. The van der Waals surface area contributed by atoms with Gasteiger partial charge >= 0.3 is 0 Å². The lowest BCUT2D eigenvalue weighted by atomic mass is 9.90. The number of para-hydroxylation sites is 1. The molecule has 2 amide bonds. The highest BCUT2D eigenvalue weighted by molar-refractivity contribution is 14.0. The fourth-order valence-electron chi connectivity index (χ4n) is 3.40. The van der Waals surface area contributed by atoms with E-state index in [4.69, 9.17) is 0 Å². The van der Waals surface area contributed by atoms with Crippen molar-refractivity contribution in [2.75, 3.05) is 32.0 Å². The Morgan fingerprint density at radius 2 is 1.90 bits per heavy atom. The summed E-state index contributed by atoms with van der Waals surface area (Å²) in [5, 5.41) is 12.1. The van der Waals surface area contributed by atoms with Crippen LogP contribution in [0, 0.1) is 5.82 Å². The smallest absolute Gasteiger partial charge is 0.225 e. The highest BCUT2D eigenvalue weighted by Gasteiger charge is 2.24. The number of fused-ring (bicyclic) bond motifs is 1. The van der Waals surface area contributed by atoms with Crippen molar-refractivity contribution in [1.29, 1.82) is 0 Å². The van der Waals surface area contributed by atoms with E-state index in [1.807, 2.05) is 24.3 Å². The van der Waals surface area contributed by atoms with Crippen LogP contribution in [0.2, 0.25) is 0 Å². The van der Waals surface area contributed by atoms with Crippen LogP contribution in [0.25, 0.3) is 0 Å². The van der Waals surface area contributed by atoms with Gasteiger partial charge in [0.25, 0.3) is 0 Å². The molecule has 0 bridgehead atoms. The molecule has 0 fully saturated rings. The van der Waals surface area contributed by atoms with E-state index in [0.717, 1.165) is 11.3 Å². The maximum Gasteiger partial charge on any atom is 0.225 e. The third-order valence-corrected chi connectivity index (χ3v) is 4.84. The van der Waals surface area contributed by atoms with E-state index in [2.05, 4.69) is 26.3 Å². The number of carbonyl (C=O) groups is 2. The van der Waals surface area contributed by atoms with E-state index in [-0.39, 0.29) is 53.9 Å². The number of halogens is 2. The first-order chi connectivity index (χ1) is 14.5. The normalized spacial score (nSPS) is 15.2. The van der Waals surface area contributed by atoms with Gasteiger partial charge in [-0.05, 0) is 29.3 Å². The number of hydrogen-bond donors (Lipinski definition) is 4. The number of anilines is 1. The van der Waals surface area contributed by atoms with Crippen molar-refractivity contribution in [3.8, 4) is 0 Å². The van der Waals surface area contributed by atoms with Crippen molar-refractivity contribution in [3.05, 3.63) is 65.5 Å². The standard InChI is InChI=1S/C22H26FN5O2.HI/c1-24-22(26-10-9-25-20(29)12-15-5-4-6-17(23)11-15)27-14-16-13-21(30)28-19-8-3-2-7-18(16)19;/h2-8,11,16H,9-10,12-14H2,1H3,(H,25,29)(H,28,30)(H2,24,26,27);1H. The Hall–Kier alpha value is -2.69. The van der Waals surface area contributed by atoms with Gasteiger partial charge in [0.2, 0.25) is 11.8 Å². The quantitative estimate of drug-likeness (QED) is 0.188. The van der Waals surface area contributed by atoms with Crippen LogP contribution in [0.1, 0.15) is 23.5 Å². The fourth-order valence-corrected chi connectivity index (χ4v) is 3.40. The van der Waals surface area contributed by atoms with Crippen LogP contribution >= 0.6 is 24.0 Å². The van der Waals surface area contributed by atoms with Gasteiger partial charge in [-0.1, -0.05) is 30.3 Å². The molecule has 0 spiro atoms. The summed E-state index contributed by atoms with van der Waals surface area (Å²) in [7, 11) is 1.67. The Bertz CT molecular complexity index is 938. The highest BCUT2D eigenvalue weighted by Crippen LogP contribution is 2.31. The molecule has 0 radical (unpaired) electrons. The molecule has 9 heteroatoms. The van der Waals surface area contributed by atoms with Gasteiger partial charge in [0.15, 0.2) is 5.96 Å². The monoisotopic (exact) mass is 539 g/mol. The van der Waals surface area contributed by atoms with E-state index < -0.39 is 0 Å². The SMILES string of the molecule is CN=C(NCCNC(=O)Cc1cccc(F)c1)NCC1CC(=O)Nc2ccccc21.I. The summed E-state index contributed by atoms with van der Waals surface area (Å²) in [4.78, 5) is 28.1. The zero-order chi connectivity index (χ0) is 21.3. The number of guanidine groups is 1. The molecule has 1 heterocycles. The van der Waals surface area contributed by atoms with Crippen LogP contribution in [-0.4, -0.2) is 44.5 Å². The largest absolute Gasteiger partial charge is 0.356 e. The molecule has 2 aromatic carbocycles. The molecule has 2 aromatic rings. The Morgan fingerprint density at radius 3 is 2.68 bits per heavy atom. The topological polar surface area (TPSA) is 94.6 Å². The first-order valence-electron chi connectivity index (χ1n) is 9.89. The van der Waals surface area contributed by atoms with Gasteiger partial charge in [-0.25, -0.2) is 4.39 Å². The lowest BCUT2D eigenvalue weighted by Gasteiger charge is -2.26. The average molecular weight is 539 g/mol. The molecule has 166 valence electrons. The number of aliphatic imine (C=N–C) groups is 1. The lowest BCUT2D eigenvalue weighted by Crippen LogP contribution is -2.43. The number of hydrogen-bond acceptors (Lipinski definition) is 3. The molecule has 0 aromatic heterocycles. The Morgan fingerprint density at radius 1 is 1.13 bits per heavy atom. The van der Waals surface area contributed by atoms with Crippen molar-refractivity contribution >= 4 is 47.4 Å². The van der Waals surface area contributed by atoms with Crippen LogP contribution in [-0.2, 0) is 16.0 Å². The van der Waals surface area contributed by atoms with Gasteiger partial charge in [0, 0.05) is 44.7 Å². The van der Waals surface area contributed by atoms with Gasteiger partial charge in [-0.3, -0.25) is 14.6 Å². The lowest BCUT2D eigenvalue weighted by molar-refractivity contribution is -0.120. The minimum Gasteiger partial charge on any atom is -0.356 e. The van der Waals surface area contributed by atoms with Crippen LogP contribution in [0.4, 0.5) is 10.1 Å². The zero-order valence-corrected chi connectivity index (χ0v) is 19.6. The molecule has 0 saturated carbocycles. The van der Waals surface area contributed by atoms with Crippen molar-refractivity contribution in [2.45, 2.75) is 18.8 Å². The van der Waals surface area contributed by atoms with Crippen molar-refractivity contribution < 1.29 is 14.0 Å². The van der Waals surface area contributed by atoms with Crippen LogP contribution < -0.4 is 21.3 Å². The van der Waals surface area contributed by atoms with Gasteiger partial charge in [0.05, 0.1) is 6.42 Å². The van der Waals surface area contributed by atoms with Crippen LogP contribution in [0.15, 0.2) is 53.5 Å². The second-order valence-corrected chi connectivity index (χ2v) is 7.07. The summed E-state index contributed by atoms with van der Waals surface area (Å²) in [6.45, 7) is 1.45. The molecule has 1 unspecified atom stereocenters.